The number of likely N-dealkylation sites (tertiary alicyclic amines) is 1. The number of benzene rings is 1. The summed E-state index contributed by atoms with van der Waals surface area (Å²) in [5.41, 5.74) is 1.76. The zero-order valence-electron chi connectivity index (χ0n) is 13.3. The summed E-state index contributed by atoms with van der Waals surface area (Å²) in [7, 11) is 0. The van der Waals surface area contributed by atoms with E-state index in [-0.39, 0.29) is 5.91 Å². The van der Waals surface area contributed by atoms with Crippen LogP contribution in [0, 0.1) is 5.92 Å². The van der Waals surface area contributed by atoms with Crippen molar-refractivity contribution in [3.63, 3.8) is 0 Å². The highest BCUT2D eigenvalue weighted by atomic mass is 32.1. The first-order chi connectivity index (χ1) is 11.3. The zero-order valence-corrected chi connectivity index (χ0v) is 14.1. The summed E-state index contributed by atoms with van der Waals surface area (Å²) in [6.07, 6.45) is 7.49. The fourth-order valence-electron chi connectivity index (χ4n) is 4.14. The van der Waals surface area contributed by atoms with Crippen molar-refractivity contribution in [3.05, 3.63) is 42.1 Å². The number of rotatable bonds is 2. The summed E-state index contributed by atoms with van der Waals surface area (Å²) in [5.74, 6) is 0.855. The third-order valence-corrected chi connectivity index (χ3v) is 6.13. The van der Waals surface area contributed by atoms with Crippen molar-refractivity contribution in [2.75, 3.05) is 6.54 Å². The molecule has 2 aliphatic rings. The molecule has 1 amide bonds. The third kappa shape index (κ3) is 2.92. The van der Waals surface area contributed by atoms with Gasteiger partial charge >= 0.3 is 0 Å². The van der Waals surface area contributed by atoms with E-state index in [9.17, 15) is 4.79 Å². The second-order valence-corrected chi connectivity index (χ2v) is 7.50. The van der Waals surface area contributed by atoms with Crippen LogP contribution in [0.25, 0.3) is 10.4 Å². The van der Waals surface area contributed by atoms with E-state index in [4.69, 9.17) is 0 Å². The van der Waals surface area contributed by atoms with E-state index in [0.717, 1.165) is 23.4 Å². The second kappa shape index (κ2) is 6.44. The monoisotopic (exact) mass is 326 g/mol. The van der Waals surface area contributed by atoms with Crippen LogP contribution in [0.3, 0.4) is 0 Å². The molecule has 0 N–H and O–H groups in total. The van der Waals surface area contributed by atoms with Crippen LogP contribution in [0.5, 0.6) is 0 Å². The van der Waals surface area contributed by atoms with E-state index < -0.39 is 0 Å². The topological polar surface area (TPSA) is 33.2 Å². The van der Waals surface area contributed by atoms with Crippen molar-refractivity contribution in [1.29, 1.82) is 0 Å². The van der Waals surface area contributed by atoms with E-state index in [2.05, 4.69) is 21.4 Å². The Morgan fingerprint density at radius 1 is 1.09 bits per heavy atom. The Hall–Kier alpha value is -1.68. The van der Waals surface area contributed by atoms with Crippen LogP contribution < -0.4 is 0 Å². The van der Waals surface area contributed by atoms with Gasteiger partial charge in [0.15, 0.2) is 0 Å². The minimum atomic E-state index is 0.139. The summed E-state index contributed by atoms with van der Waals surface area (Å²) < 4.78 is 4.46. The minimum Gasteiger partial charge on any atom is -0.334 e. The fourth-order valence-corrected chi connectivity index (χ4v) is 4.87. The van der Waals surface area contributed by atoms with Gasteiger partial charge in [-0.1, -0.05) is 43.2 Å². The number of carbonyl (C=O) groups excluding carboxylic acids is 1. The number of nitrogens with zero attached hydrogens (tertiary/aromatic N) is 2. The van der Waals surface area contributed by atoms with E-state index >= 15 is 0 Å². The van der Waals surface area contributed by atoms with Gasteiger partial charge in [0.1, 0.15) is 5.69 Å². The van der Waals surface area contributed by atoms with Crippen molar-refractivity contribution in [2.24, 2.45) is 5.92 Å². The van der Waals surface area contributed by atoms with Crippen LogP contribution in [0.1, 0.15) is 49.0 Å². The second-order valence-electron chi connectivity index (χ2n) is 6.70. The maximum atomic E-state index is 13.0. The first kappa shape index (κ1) is 14.9. The van der Waals surface area contributed by atoms with Gasteiger partial charge in [-0.2, -0.15) is 4.37 Å². The molecule has 0 spiro atoms. The molecule has 1 saturated carbocycles. The largest absolute Gasteiger partial charge is 0.334 e. The van der Waals surface area contributed by atoms with Gasteiger partial charge in [-0.3, -0.25) is 4.79 Å². The molecule has 2 fully saturated rings. The number of carbonyl (C=O) groups is 1. The third-order valence-electron chi connectivity index (χ3n) is 5.29. The van der Waals surface area contributed by atoms with Crippen molar-refractivity contribution in [1.82, 2.24) is 9.27 Å². The van der Waals surface area contributed by atoms with Gasteiger partial charge in [0.25, 0.3) is 5.91 Å². The minimum absolute atomic E-state index is 0.139. The molecule has 1 aliphatic carbocycles. The van der Waals surface area contributed by atoms with Gasteiger partial charge in [0.05, 0.1) is 4.88 Å². The zero-order chi connectivity index (χ0) is 15.6. The standard InChI is InChI=1S/C19H22N2OS/c22-19(21-12-6-10-14-7-4-5-11-17(14)21)16-13-18(23-20-16)15-8-2-1-3-9-15/h1-3,8-9,13-14,17H,4-7,10-12H2/t14-,17-/m0/s1. The number of aromatic nitrogens is 1. The Bertz CT molecular complexity index is 680. The van der Waals surface area contributed by atoms with Crippen molar-refractivity contribution >= 4 is 17.4 Å². The SMILES string of the molecule is O=C(c1cc(-c2ccccc2)sn1)N1CCC[C@@H]2CCCC[C@@H]21. The van der Waals surface area contributed by atoms with Crippen molar-refractivity contribution < 1.29 is 4.79 Å². The van der Waals surface area contributed by atoms with E-state index in [1.54, 1.807) is 0 Å². The molecule has 23 heavy (non-hydrogen) atoms. The average molecular weight is 326 g/mol. The number of hydrogen-bond donors (Lipinski definition) is 0. The summed E-state index contributed by atoms with van der Waals surface area (Å²) in [5, 5.41) is 0. The van der Waals surface area contributed by atoms with E-state index in [1.807, 2.05) is 24.3 Å². The first-order valence-electron chi connectivity index (χ1n) is 8.66. The lowest BCUT2D eigenvalue weighted by atomic mass is 9.78. The normalized spacial score (nSPS) is 24.3. The molecule has 1 aromatic heterocycles. The lowest BCUT2D eigenvalue weighted by Crippen LogP contribution is -2.49. The molecule has 0 unspecified atom stereocenters. The molecule has 0 radical (unpaired) electrons. The van der Waals surface area contributed by atoms with Crippen LogP contribution in [-0.4, -0.2) is 27.8 Å². The number of piperidine rings is 1. The highest BCUT2D eigenvalue weighted by molar-refractivity contribution is 7.09. The van der Waals surface area contributed by atoms with Crippen LogP contribution in [0.15, 0.2) is 36.4 Å². The highest BCUT2D eigenvalue weighted by Crippen LogP contribution is 2.36. The molecule has 0 bridgehead atoms. The Labute approximate surface area is 141 Å². The quantitative estimate of drug-likeness (QED) is 0.808. The Morgan fingerprint density at radius 2 is 1.87 bits per heavy atom. The molecule has 1 saturated heterocycles. The van der Waals surface area contributed by atoms with Crippen LogP contribution in [-0.2, 0) is 0 Å². The molecule has 2 atom stereocenters. The molecule has 1 aromatic carbocycles. The van der Waals surface area contributed by atoms with Gasteiger partial charge in [0.2, 0.25) is 0 Å². The maximum Gasteiger partial charge on any atom is 0.273 e. The fraction of sp³-hybridized carbons (Fsp3) is 0.474. The van der Waals surface area contributed by atoms with Gasteiger partial charge in [-0.25, -0.2) is 0 Å². The summed E-state index contributed by atoms with van der Waals surface area (Å²) in [4.78, 5) is 16.2. The van der Waals surface area contributed by atoms with Crippen molar-refractivity contribution in [3.8, 4) is 10.4 Å². The van der Waals surface area contributed by atoms with Crippen LogP contribution >= 0.6 is 11.5 Å². The van der Waals surface area contributed by atoms with E-state index in [1.165, 1.54) is 43.6 Å². The molecule has 1 aliphatic heterocycles. The van der Waals surface area contributed by atoms with Crippen LogP contribution in [0.4, 0.5) is 0 Å². The Balaban J connectivity index is 1.56. The summed E-state index contributed by atoms with van der Waals surface area (Å²) in [6, 6.07) is 12.6. The van der Waals surface area contributed by atoms with Gasteiger partial charge in [-0.05, 0) is 54.8 Å². The van der Waals surface area contributed by atoms with Gasteiger partial charge in [0, 0.05) is 12.6 Å². The van der Waals surface area contributed by atoms with E-state index in [0.29, 0.717) is 17.7 Å². The lowest BCUT2D eigenvalue weighted by Gasteiger charge is -2.43. The number of fused-ring (bicyclic) bond motifs is 1. The van der Waals surface area contributed by atoms with Crippen molar-refractivity contribution in [2.45, 2.75) is 44.6 Å². The predicted molar refractivity (Wildman–Crippen MR) is 93.6 cm³/mol. The Morgan fingerprint density at radius 3 is 2.74 bits per heavy atom. The molecule has 2 heterocycles. The summed E-state index contributed by atoms with van der Waals surface area (Å²) >= 11 is 1.43. The van der Waals surface area contributed by atoms with Gasteiger partial charge in [-0.15, -0.1) is 0 Å². The summed E-state index contributed by atoms with van der Waals surface area (Å²) in [6.45, 7) is 0.901. The molecule has 4 rings (SSSR count). The highest BCUT2D eigenvalue weighted by Gasteiger charge is 2.36. The maximum absolute atomic E-state index is 13.0. The molecule has 2 aromatic rings. The average Bonchev–Trinajstić information content (AvgIpc) is 3.11. The molecule has 120 valence electrons. The molecule has 3 nitrogen and oxygen atoms in total. The lowest BCUT2D eigenvalue weighted by molar-refractivity contribution is 0.0386. The van der Waals surface area contributed by atoms with Gasteiger partial charge < -0.3 is 4.90 Å². The first-order valence-corrected chi connectivity index (χ1v) is 9.43. The number of hydrogen-bond acceptors (Lipinski definition) is 3. The smallest absolute Gasteiger partial charge is 0.273 e. The molecular formula is C19H22N2OS. The number of amides is 1. The molecular weight excluding hydrogens is 304 g/mol. The van der Waals surface area contributed by atoms with Crippen LogP contribution in [0.2, 0.25) is 0 Å². The molecule has 4 heteroatoms. The Kier molecular flexibility index (Phi) is 4.17. The predicted octanol–water partition coefficient (Wildman–Crippen LogP) is 4.60.